The number of aryl methyl sites for hydroxylation is 1. The molecule has 0 radical (unpaired) electrons. The summed E-state index contributed by atoms with van der Waals surface area (Å²) >= 11 is 11.6. The molecule has 0 unspecified atom stereocenters. The number of anilines is 2. The minimum Gasteiger partial charge on any atom is -0.366 e. The van der Waals surface area contributed by atoms with E-state index in [9.17, 15) is 0 Å². The van der Waals surface area contributed by atoms with Crippen LogP contribution in [0.1, 0.15) is 16.7 Å². The van der Waals surface area contributed by atoms with E-state index in [1.807, 2.05) is 19.1 Å². The summed E-state index contributed by atoms with van der Waals surface area (Å²) in [5.41, 5.74) is 2.97. The van der Waals surface area contributed by atoms with E-state index >= 15 is 0 Å². The average Bonchev–Trinajstić information content (AvgIpc) is 2.62. The molecule has 8 heteroatoms. The third kappa shape index (κ3) is 5.01. The molecular formula is C17H16Cl2N6. The molecule has 0 bridgehead atoms. The number of hydrogen-bond donors (Lipinski definition) is 2. The first-order valence-electron chi connectivity index (χ1n) is 7.62. The average molecular weight is 375 g/mol. The molecule has 0 aliphatic carbocycles. The van der Waals surface area contributed by atoms with Crippen LogP contribution in [-0.4, -0.2) is 19.9 Å². The maximum absolute atomic E-state index is 5.80. The SMILES string of the molecule is Cc1cnc(NCc2ccc(Cl)nc2)nc1NCc1ccc(Cl)nc1. The minimum absolute atomic E-state index is 0.471. The molecule has 3 aromatic rings. The second kappa shape index (κ2) is 8.09. The van der Waals surface area contributed by atoms with Gasteiger partial charge in [-0.3, -0.25) is 0 Å². The van der Waals surface area contributed by atoms with E-state index in [2.05, 4.69) is 30.6 Å². The van der Waals surface area contributed by atoms with E-state index in [1.165, 1.54) is 0 Å². The second-order valence-corrected chi connectivity index (χ2v) is 6.19. The minimum atomic E-state index is 0.471. The number of nitrogens with zero attached hydrogens (tertiary/aromatic N) is 4. The van der Waals surface area contributed by atoms with Crippen molar-refractivity contribution in [3.63, 3.8) is 0 Å². The maximum Gasteiger partial charge on any atom is 0.224 e. The van der Waals surface area contributed by atoms with Gasteiger partial charge in [0.05, 0.1) is 0 Å². The highest BCUT2D eigenvalue weighted by molar-refractivity contribution is 6.29. The lowest BCUT2D eigenvalue weighted by Crippen LogP contribution is -2.08. The van der Waals surface area contributed by atoms with Crippen LogP contribution in [0.5, 0.6) is 0 Å². The lowest BCUT2D eigenvalue weighted by molar-refractivity contribution is 1.01. The summed E-state index contributed by atoms with van der Waals surface area (Å²) in [5.74, 6) is 1.30. The molecule has 6 nitrogen and oxygen atoms in total. The number of aromatic nitrogens is 4. The summed E-state index contributed by atoms with van der Waals surface area (Å²) in [6, 6.07) is 7.34. The molecule has 0 spiro atoms. The Morgan fingerprint density at radius 2 is 1.40 bits per heavy atom. The molecule has 128 valence electrons. The van der Waals surface area contributed by atoms with Crippen LogP contribution in [0, 0.1) is 6.92 Å². The van der Waals surface area contributed by atoms with Crippen molar-refractivity contribution in [3.05, 3.63) is 69.9 Å². The van der Waals surface area contributed by atoms with Gasteiger partial charge in [0.2, 0.25) is 5.95 Å². The predicted molar refractivity (Wildman–Crippen MR) is 99.9 cm³/mol. The summed E-state index contributed by atoms with van der Waals surface area (Å²) in [4.78, 5) is 16.9. The first kappa shape index (κ1) is 17.4. The Morgan fingerprint density at radius 1 is 0.800 bits per heavy atom. The van der Waals surface area contributed by atoms with Crippen molar-refractivity contribution in [2.24, 2.45) is 0 Å². The van der Waals surface area contributed by atoms with E-state index in [0.717, 1.165) is 22.5 Å². The third-order valence-corrected chi connectivity index (χ3v) is 3.91. The molecular weight excluding hydrogens is 359 g/mol. The van der Waals surface area contributed by atoms with E-state index in [4.69, 9.17) is 23.2 Å². The largest absolute Gasteiger partial charge is 0.366 e. The number of halogens is 2. The van der Waals surface area contributed by atoms with Crippen molar-refractivity contribution < 1.29 is 0 Å². The molecule has 0 amide bonds. The van der Waals surface area contributed by atoms with E-state index in [0.29, 0.717) is 29.3 Å². The number of nitrogens with one attached hydrogen (secondary N) is 2. The molecule has 0 saturated carbocycles. The molecule has 2 N–H and O–H groups in total. The molecule has 0 atom stereocenters. The van der Waals surface area contributed by atoms with Crippen LogP contribution in [0.25, 0.3) is 0 Å². The second-order valence-electron chi connectivity index (χ2n) is 5.41. The molecule has 0 aromatic carbocycles. The Labute approximate surface area is 155 Å². The lowest BCUT2D eigenvalue weighted by atomic mass is 10.2. The normalized spacial score (nSPS) is 10.5. The topological polar surface area (TPSA) is 75.6 Å². The van der Waals surface area contributed by atoms with Gasteiger partial charge in [-0.05, 0) is 30.2 Å². The van der Waals surface area contributed by atoms with E-state index in [1.54, 1.807) is 30.7 Å². The van der Waals surface area contributed by atoms with Gasteiger partial charge in [0, 0.05) is 37.2 Å². The van der Waals surface area contributed by atoms with Crippen LogP contribution >= 0.6 is 23.2 Å². The highest BCUT2D eigenvalue weighted by Crippen LogP contribution is 2.15. The summed E-state index contributed by atoms with van der Waals surface area (Å²) in [6.45, 7) is 3.12. The van der Waals surface area contributed by atoms with Gasteiger partial charge in [0.1, 0.15) is 16.1 Å². The zero-order valence-electron chi connectivity index (χ0n) is 13.5. The Hall–Kier alpha value is -2.44. The zero-order valence-corrected chi connectivity index (χ0v) is 15.0. The van der Waals surface area contributed by atoms with Gasteiger partial charge in [-0.2, -0.15) is 4.98 Å². The summed E-state index contributed by atoms with van der Waals surface area (Å²) in [6.07, 6.45) is 5.23. The van der Waals surface area contributed by atoms with Gasteiger partial charge in [-0.1, -0.05) is 35.3 Å². The van der Waals surface area contributed by atoms with Gasteiger partial charge in [-0.25, -0.2) is 15.0 Å². The van der Waals surface area contributed by atoms with Crippen LogP contribution in [-0.2, 0) is 13.1 Å². The van der Waals surface area contributed by atoms with Crippen molar-refractivity contribution in [2.45, 2.75) is 20.0 Å². The van der Waals surface area contributed by atoms with E-state index in [-0.39, 0.29) is 0 Å². The summed E-state index contributed by atoms with van der Waals surface area (Å²) < 4.78 is 0. The fourth-order valence-corrected chi connectivity index (χ4v) is 2.32. The van der Waals surface area contributed by atoms with E-state index < -0.39 is 0 Å². The zero-order chi connectivity index (χ0) is 17.6. The van der Waals surface area contributed by atoms with Crippen molar-refractivity contribution in [2.75, 3.05) is 10.6 Å². The van der Waals surface area contributed by atoms with Gasteiger partial charge in [-0.15, -0.1) is 0 Å². The molecule has 3 heterocycles. The van der Waals surface area contributed by atoms with Gasteiger partial charge < -0.3 is 10.6 Å². The highest BCUT2D eigenvalue weighted by Gasteiger charge is 2.05. The quantitative estimate of drug-likeness (QED) is 0.632. The number of rotatable bonds is 6. The van der Waals surface area contributed by atoms with Crippen molar-refractivity contribution >= 4 is 35.0 Å². The smallest absolute Gasteiger partial charge is 0.224 e. The molecule has 3 aromatic heterocycles. The van der Waals surface area contributed by atoms with Gasteiger partial charge in [0.25, 0.3) is 0 Å². The first-order valence-corrected chi connectivity index (χ1v) is 8.38. The van der Waals surface area contributed by atoms with Crippen LogP contribution in [0.2, 0.25) is 10.3 Å². The number of hydrogen-bond acceptors (Lipinski definition) is 6. The Kier molecular flexibility index (Phi) is 5.63. The molecule has 0 saturated heterocycles. The molecule has 0 fully saturated rings. The fourth-order valence-electron chi connectivity index (χ4n) is 2.10. The van der Waals surface area contributed by atoms with Crippen LogP contribution < -0.4 is 10.6 Å². The summed E-state index contributed by atoms with van der Waals surface area (Å²) in [7, 11) is 0. The van der Waals surface area contributed by atoms with Gasteiger partial charge >= 0.3 is 0 Å². The Bertz CT molecular complexity index is 837. The third-order valence-electron chi connectivity index (χ3n) is 3.46. The van der Waals surface area contributed by atoms with Crippen LogP contribution in [0.4, 0.5) is 11.8 Å². The van der Waals surface area contributed by atoms with Crippen molar-refractivity contribution in [3.8, 4) is 0 Å². The molecule has 25 heavy (non-hydrogen) atoms. The molecule has 0 aliphatic heterocycles. The van der Waals surface area contributed by atoms with Crippen molar-refractivity contribution in [1.82, 2.24) is 19.9 Å². The lowest BCUT2D eigenvalue weighted by Gasteiger charge is -2.11. The van der Waals surface area contributed by atoms with Crippen LogP contribution in [0.15, 0.2) is 42.9 Å². The standard InChI is InChI=1S/C17H16Cl2N6/c1-11-6-23-17(24-10-13-3-5-15(19)21-8-13)25-16(11)22-9-12-2-4-14(18)20-7-12/h2-8H,9-10H2,1H3,(H2,22,23,24,25). The van der Waals surface area contributed by atoms with Crippen molar-refractivity contribution in [1.29, 1.82) is 0 Å². The first-order chi connectivity index (χ1) is 12.1. The van der Waals surface area contributed by atoms with Crippen LogP contribution in [0.3, 0.4) is 0 Å². The highest BCUT2D eigenvalue weighted by atomic mass is 35.5. The maximum atomic E-state index is 5.80. The summed E-state index contributed by atoms with van der Waals surface area (Å²) in [5, 5.41) is 7.42. The Balaban J connectivity index is 1.63. The Morgan fingerprint density at radius 3 is 1.96 bits per heavy atom. The molecule has 3 rings (SSSR count). The van der Waals surface area contributed by atoms with Gasteiger partial charge in [0.15, 0.2) is 0 Å². The number of pyridine rings is 2. The fraction of sp³-hybridized carbons (Fsp3) is 0.176. The molecule has 0 aliphatic rings. The monoisotopic (exact) mass is 374 g/mol. The predicted octanol–water partition coefficient (Wildman–Crippen LogP) is 4.11.